The molecule has 0 fully saturated rings. The van der Waals surface area contributed by atoms with Crippen molar-refractivity contribution in [3.05, 3.63) is 72.1 Å². The highest BCUT2D eigenvalue weighted by Crippen LogP contribution is 2.13. The van der Waals surface area contributed by atoms with E-state index >= 15 is 0 Å². The smallest absolute Gasteiger partial charge is 0.124 e. The van der Waals surface area contributed by atoms with Gasteiger partial charge in [0.25, 0.3) is 0 Å². The van der Waals surface area contributed by atoms with Crippen LogP contribution in [0.4, 0.5) is 0 Å². The lowest BCUT2D eigenvalue weighted by molar-refractivity contribution is 0.474. The molecule has 0 amide bonds. The zero-order valence-electron chi connectivity index (χ0n) is 10.7. The van der Waals surface area contributed by atoms with E-state index in [4.69, 9.17) is 0 Å². The van der Waals surface area contributed by atoms with E-state index in [1.165, 1.54) is 12.4 Å². The van der Waals surface area contributed by atoms with Gasteiger partial charge in [-0.15, -0.1) is 0 Å². The Labute approximate surface area is 117 Å². The second kappa shape index (κ2) is 6.89. The van der Waals surface area contributed by atoms with E-state index in [-0.39, 0.29) is 11.5 Å². The third-order valence-corrected chi connectivity index (χ3v) is 2.54. The Morgan fingerprint density at radius 1 is 0.650 bits per heavy atom. The van der Waals surface area contributed by atoms with Crippen LogP contribution in [0.3, 0.4) is 0 Å². The highest BCUT2D eigenvalue weighted by molar-refractivity contribution is 5.84. The summed E-state index contributed by atoms with van der Waals surface area (Å²) in [6.07, 6.45) is 6.09. The third kappa shape index (κ3) is 3.81. The zero-order valence-corrected chi connectivity index (χ0v) is 10.7. The van der Waals surface area contributed by atoms with Gasteiger partial charge < -0.3 is 10.2 Å². The number of aliphatic imine (C=N–C) groups is 2. The van der Waals surface area contributed by atoms with Crippen LogP contribution in [-0.4, -0.2) is 22.6 Å². The zero-order chi connectivity index (χ0) is 14.2. The molecule has 0 saturated heterocycles. The van der Waals surface area contributed by atoms with Crippen molar-refractivity contribution in [2.24, 2.45) is 9.98 Å². The third-order valence-electron chi connectivity index (χ3n) is 2.54. The van der Waals surface area contributed by atoms with E-state index in [9.17, 15) is 10.2 Å². The summed E-state index contributed by atoms with van der Waals surface area (Å²) in [6, 6.07) is 13.9. The molecule has 0 radical (unpaired) electrons. The predicted octanol–water partition coefficient (Wildman–Crippen LogP) is 3.11. The second-order valence-corrected chi connectivity index (χ2v) is 3.97. The van der Waals surface area contributed by atoms with Crippen molar-refractivity contribution in [1.29, 1.82) is 0 Å². The minimum absolute atomic E-state index is 0.183. The van der Waals surface area contributed by atoms with Crippen molar-refractivity contribution in [3.8, 4) is 11.5 Å². The number of rotatable bonds is 4. The number of hydrogen-bond acceptors (Lipinski definition) is 4. The maximum absolute atomic E-state index is 9.52. The molecule has 2 aromatic carbocycles. The fourth-order valence-corrected chi connectivity index (χ4v) is 1.52. The van der Waals surface area contributed by atoms with Crippen molar-refractivity contribution >= 4 is 12.4 Å². The van der Waals surface area contributed by atoms with E-state index < -0.39 is 0 Å². The number of hydrogen-bond donors (Lipinski definition) is 2. The van der Waals surface area contributed by atoms with Gasteiger partial charge in [0.15, 0.2) is 0 Å². The van der Waals surface area contributed by atoms with Crippen LogP contribution in [-0.2, 0) is 0 Å². The van der Waals surface area contributed by atoms with Crippen molar-refractivity contribution in [1.82, 2.24) is 0 Å². The summed E-state index contributed by atoms with van der Waals surface area (Å²) in [5, 5.41) is 19.0. The van der Waals surface area contributed by atoms with Gasteiger partial charge >= 0.3 is 0 Å². The summed E-state index contributed by atoms with van der Waals surface area (Å²) in [5.74, 6) is 0.365. The maximum atomic E-state index is 9.52. The molecule has 2 N–H and O–H groups in total. The fourth-order valence-electron chi connectivity index (χ4n) is 1.52. The Hall–Kier alpha value is -2.88. The van der Waals surface area contributed by atoms with Gasteiger partial charge in [0.1, 0.15) is 11.5 Å². The SMILES string of the molecule is Oc1ccccc1C=NC=CN=Cc1ccccc1O. The Bertz CT molecular complexity index is 604. The maximum Gasteiger partial charge on any atom is 0.124 e. The monoisotopic (exact) mass is 266 g/mol. The van der Waals surface area contributed by atoms with Crippen LogP contribution in [0, 0.1) is 0 Å². The van der Waals surface area contributed by atoms with Crippen molar-refractivity contribution < 1.29 is 10.2 Å². The van der Waals surface area contributed by atoms with Crippen molar-refractivity contribution in [2.45, 2.75) is 0 Å². The molecule has 0 bridgehead atoms. The van der Waals surface area contributed by atoms with Crippen LogP contribution < -0.4 is 0 Å². The van der Waals surface area contributed by atoms with Gasteiger partial charge in [-0.1, -0.05) is 24.3 Å². The van der Waals surface area contributed by atoms with Crippen LogP contribution in [0.2, 0.25) is 0 Å². The van der Waals surface area contributed by atoms with Crippen LogP contribution in [0.25, 0.3) is 0 Å². The molecule has 0 heterocycles. The first-order valence-electron chi connectivity index (χ1n) is 6.05. The summed E-state index contributed by atoms with van der Waals surface area (Å²) in [7, 11) is 0. The lowest BCUT2D eigenvalue weighted by Gasteiger charge is -1.95. The van der Waals surface area contributed by atoms with E-state index in [0.29, 0.717) is 11.1 Å². The molecule has 4 heteroatoms. The summed E-state index contributed by atoms with van der Waals surface area (Å²) in [4.78, 5) is 8.03. The average Bonchev–Trinajstić information content (AvgIpc) is 2.46. The normalized spacial score (nSPS) is 11.8. The van der Waals surface area contributed by atoms with E-state index in [0.717, 1.165) is 0 Å². The molecule has 0 aliphatic carbocycles. The van der Waals surface area contributed by atoms with Crippen LogP contribution in [0.15, 0.2) is 70.9 Å². The number of phenols is 2. The number of aromatic hydroxyl groups is 2. The lowest BCUT2D eigenvalue weighted by Crippen LogP contribution is -1.80. The molecule has 100 valence electrons. The molecule has 2 rings (SSSR count). The van der Waals surface area contributed by atoms with E-state index in [1.807, 2.05) is 12.1 Å². The lowest BCUT2D eigenvalue weighted by atomic mass is 10.2. The first-order valence-corrected chi connectivity index (χ1v) is 6.05. The molecule has 0 aromatic heterocycles. The number of benzene rings is 2. The largest absolute Gasteiger partial charge is 0.507 e. The van der Waals surface area contributed by atoms with Gasteiger partial charge in [0.05, 0.1) is 0 Å². The van der Waals surface area contributed by atoms with Gasteiger partial charge in [-0.05, 0) is 24.3 Å². The number of para-hydroxylation sites is 2. The Morgan fingerprint density at radius 2 is 1.05 bits per heavy atom. The first-order chi connectivity index (χ1) is 9.77. The highest BCUT2D eigenvalue weighted by Gasteiger charge is 1.93. The molecule has 0 aliphatic rings. The molecular formula is C16H14N2O2. The summed E-state index contributed by atoms with van der Waals surface area (Å²) >= 11 is 0. The van der Waals surface area contributed by atoms with Gasteiger partial charge in [-0.3, -0.25) is 9.98 Å². The summed E-state index contributed by atoms with van der Waals surface area (Å²) in [5.41, 5.74) is 1.28. The standard InChI is InChI=1S/C16H14N2O2/c19-15-7-3-1-5-13(15)11-17-9-10-18-12-14-6-2-4-8-16(14)20/h1-12,19-20H. The molecule has 0 spiro atoms. The second-order valence-electron chi connectivity index (χ2n) is 3.97. The Kier molecular flexibility index (Phi) is 4.67. The van der Waals surface area contributed by atoms with Gasteiger partial charge in [0, 0.05) is 36.0 Å². The van der Waals surface area contributed by atoms with Crippen LogP contribution in [0.5, 0.6) is 11.5 Å². The molecule has 0 aliphatic heterocycles. The molecule has 0 saturated carbocycles. The molecule has 0 atom stereocenters. The Morgan fingerprint density at radius 3 is 1.45 bits per heavy atom. The predicted molar refractivity (Wildman–Crippen MR) is 80.5 cm³/mol. The van der Waals surface area contributed by atoms with Crippen LogP contribution in [0.1, 0.15) is 11.1 Å². The molecule has 2 aromatic rings. The molecule has 0 unspecified atom stereocenters. The van der Waals surface area contributed by atoms with Crippen LogP contribution >= 0.6 is 0 Å². The Balaban J connectivity index is 1.95. The van der Waals surface area contributed by atoms with Crippen molar-refractivity contribution in [2.75, 3.05) is 0 Å². The minimum atomic E-state index is 0.183. The topological polar surface area (TPSA) is 65.2 Å². The number of phenolic OH excluding ortho intramolecular Hbond substituents is 2. The summed E-state index contributed by atoms with van der Waals surface area (Å²) < 4.78 is 0. The van der Waals surface area contributed by atoms with Gasteiger partial charge in [0.2, 0.25) is 0 Å². The highest BCUT2D eigenvalue weighted by atomic mass is 16.3. The average molecular weight is 266 g/mol. The summed E-state index contributed by atoms with van der Waals surface area (Å²) in [6.45, 7) is 0. The van der Waals surface area contributed by atoms with Gasteiger partial charge in [-0.2, -0.15) is 0 Å². The number of nitrogens with zero attached hydrogens (tertiary/aromatic N) is 2. The molecule has 4 nitrogen and oxygen atoms in total. The first kappa shape index (κ1) is 13.5. The fraction of sp³-hybridized carbons (Fsp3) is 0. The minimum Gasteiger partial charge on any atom is -0.507 e. The van der Waals surface area contributed by atoms with E-state index in [1.54, 1.807) is 48.8 Å². The van der Waals surface area contributed by atoms with E-state index in [2.05, 4.69) is 9.98 Å². The molecular weight excluding hydrogens is 252 g/mol. The van der Waals surface area contributed by atoms with Gasteiger partial charge in [-0.25, -0.2) is 0 Å². The quantitative estimate of drug-likeness (QED) is 0.835. The van der Waals surface area contributed by atoms with Crippen molar-refractivity contribution in [3.63, 3.8) is 0 Å². The molecule has 20 heavy (non-hydrogen) atoms.